The van der Waals surface area contributed by atoms with Crippen molar-refractivity contribution in [3.8, 4) is 0 Å². The molecule has 0 saturated heterocycles. The van der Waals surface area contributed by atoms with Gasteiger partial charge >= 0.3 is 0 Å². The second kappa shape index (κ2) is 6.38. The van der Waals surface area contributed by atoms with Gasteiger partial charge in [-0.3, -0.25) is 0 Å². The van der Waals surface area contributed by atoms with Gasteiger partial charge in [0.05, 0.1) is 6.10 Å². The maximum absolute atomic E-state index is 9.27. The molecule has 0 amide bonds. The molecule has 0 spiro atoms. The number of aliphatic hydroxyl groups excluding tert-OH is 1. The molecule has 0 fully saturated rings. The van der Waals surface area contributed by atoms with E-state index >= 15 is 0 Å². The Morgan fingerprint density at radius 1 is 1.64 bits per heavy atom. The van der Waals surface area contributed by atoms with Crippen molar-refractivity contribution in [2.24, 2.45) is 0 Å². The van der Waals surface area contributed by atoms with E-state index in [4.69, 9.17) is 4.74 Å². The van der Waals surface area contributed by atoms with Crippen molar-refractivity contribution in [2.45, 2.75) is 32.8 Å². The van der Waals surface area contributed by atoms with Gasteiger partial charge in [-0.2, -0.15) is 0 Å². The minimum absolute atomic E-state index is 0.351. The average molecular weight is 158 g/mol. The highest BCUT2D eigenvalue weighted by atomic mass is 16.5. The zero-order valence-corrected chi connectivity index (χ0v) is 7.47. The second-order valence-corrected chi connectivity index (χ2v) is 2.70. The molecule has 0 heterocycles. The lowest BCUT2D eigenvalue weighted by atomic mass is 10.1. The summed E-state index contributed by atoms with van der Waals surface area (Å²) in [4.78, 5) is 0. The molecule has 2 nitrogen and oxygen atoms in total. The normalized spacial score (nSPS) is 13.0. The number of hydrogen-bond acceptors (Lipinski definition) is 2. The standard InChI is InChI=1S/C9H18O2/c1-4-11-7-5-6-9(10)8(2)3/h9-10H,2,4-7H2,1,3H3. The summed E-state index contributed by atoms with van der Waals surface area (Å²) in [6.45, 7) is 8.96. The number of rotatable bonds is 6. The van der Waals surface area contributed by atoms with Gasteiger partial charge in [-0.1, -0.05) is 12.2 Å². The van der Waals surface area contributed by atoms with Gasteiger partial charge in [0.2, 0.25) is 0 Å². The summed E-state index contributed by atoms with van der Waals surface area (Å²) >= 11 is 0. The van der Waals surface area contributed by atoms with Crippen molar-refractivity contribution in [3.63, 3.8) is 0 Å². The fourth-order valence-electron chi connectivity index (χ4n) is 0.769. The molecule has 0 aliphatic carbocycles. The molecule has 1 unspecified atom stereocenters. The number of ether oxygens (including phenoxy) is 1. The monoisotopic (exact) mass is 158 g/mol. The Bertz CT molecular complexity index is 110. The molecule has 0 aromatic rings. The largest absolute Gasteiger partial charge is 0.389 e. The van der Waals surface area contributed by atoms with Gasteiger partial charge in [0.25, 0.3) is 0 Å². The summed E-state index contributed by atoms with van der Waals surface area (Å²) in [5.41, 5.74) is 0.835. The predicted molar refractivity (Wildman–Crippen MR) is 46.5 cm³/mol. The maximum atomic E-state index is 9.27. The average Bonchev–Trinajstić information content (AvgIpc) is 1.97. The van der Waals surface area contributed by atoms with Crippen LogP contribution in [0.25, 0.3) is 0 Å². The molecule has 0 aliphatic heterocycles. The van der Waals surface area contributed by atoms with E-state index in [0.717, 1.165) is 31.6 Å². The van der Waals surface area contributed by atoms with Gasteiger partial charge in [0.1, 0.15) is 0 Å². The van der Waals surface area contributed by atoms with Crippen LogP contribution in [0.3, 0.4) is 0 Å². The Labute approximate surface area is 68.9 Å². The molecule has 0 radical (unpaired) electrons. The van der Waals surface area contributed by atoms with Crippen LogP contribution in [0.1, 0.15) is 26.7 Å². The Hall–Kier alpha value is -0.340. The Morgan fingerprint density at radius 3 is 2.73 bits per heavy atom. The van der Waals surface area contributed by atoms with Gasteiger partial charge in [0.15, 0.2) is 0 Å². The van der Waals surface area contributed by atoms with Crippen molar-refractivity contribution >= 4 is 0 Å². The molecule has 0 rings (SSSR count). The highest BCUT2D eigenvalue weighted by Crippen LogP contribution is 2.05. The topological polar surface area (TPSA) is 29.5 Å². The molecule has 0 saturated carbocycles. The lowest BCUT2D eigenvalue weighted by Gasteiger charge is -2.08. The first-order valence-electron chi connectivity index (χ1n) is 4.09. The smallest absolute Gasteiger partial charge is 0.0745 e. The van der Waals surface area contributed by atoms with Crippen molar-refractivity contribution in [1.82, 2.24) is 0 Å². The van der Waals surface area contributed by atoms with Gasteiger partial charge in [-0.25, -0.2) is 0 Å². The highest BCUT2D eigenvalue weighted by Gasteiger charge is 2.02. The number of aliphatic hydroxyl groups is 1. The van der Waals surface area contributed by atoms with E-state index in [1.165, 1.54) is 0 Å². The summed E-state index contributed by atoms with van der Waals surface area (Å²) in [5, 5.41) is 9.27. The third-order valence-electron chi connectivity index (χ3n) is 1.54. The summed E-state index contributed by atoms with van der Waals surface area (Å²) in [7, 11) is 0. The van der Waals surface area contributed by atoms with Crippen LogP contribution in [-0.4, -0.2) is 24.4 Å². The Kier molecular flexibility index (Phi) is 6.18. The third-order valence-corrected chi connectivity index (χ3v) is 1.54. The second-order valence-electron chi connectivity index (χ2n) is 2.70. The quantitative estimate of drug-likeness (QED) is 0.471. The molecule has 2 heteroatoms. The van der Waals surface area contributed by atoms with E-state index in [1.54, 1.807) is 0 Å². The molecule has 11 heavy (non-hydrogen) atoms. The maximum Gasteiger partial charge on any atom is 0.0745 e. The van der Waals surface area contributed by atoms with Crippen LogP contribution >= 0.6 is 0 Å². The zero-order chi connectivity index (χ0) is 8.69. The summed E-state index contributed by atoms with van der Waals surface area (Å²) in [6.07, 6.45) is 1.31. The van der Waals surface area contributed by atoms with Gasteiger partial charge in [0, 0.05) is 13.2 Å². The van der Waals surface area contributed by atoms with Crippen LogP contribution in [0.2, 0.25) is 0 Å². The fraction of sp³-hybridized carbons (Fsp3) is 0.778. The van der Waals surface area contributed by atoms with Crippen molar-refractivity contribution < 1.29 is 9.84 Å². The molecule has 0 aromatic heterocycles. The van der Waals surface area contributed by atoms with Crippen LogP contribution in [0, 0.1) is 0 Å². The van der Waals surface area contributed by atoms with E-state index in [0.29, 0.717) is 0 Å². The van der Waals surface area contributed by atoms with E-state index < -0.39 is 0 Å². The van der Waals surface area contributed by atoms with E-state index in [2.05, 4.69) is 6.58 Å². The molecule has 0 aromatic carbocycles. The van der Waals surface area contributed by atoms with E-state index in [-0.39, 0.29) is 6.10 Å². The van der Waals surface area contributed by atoms with Crippen molar-refractivity contribution in [2.75, 3.05) is 13.2 Å². The lowest BCUT2D eigenvalue weighted by molar-refractivity contribution is 0.125. The molecule has 1 N–H and O–H groups in total. The minimum Gasteiger partial charge on any atom is -0.389 e. The highest BCUT2D eigenvalue weighted by molar-refractivity contribution is 4.96. The number of hydrogen-bond donors (Lipinski definition) is 1. The van der Waals surface area contributed by atoms with Crippen LogP contribution in [-0.2, 0) is 4.74 Å². The molecular weight excluding hydrogens is 140 g/mol. The minimum atomic E-state index is -0.351. The van der Waals surface area contributed by atoms with Crippen LogP contribution in [0.15, 0.2) is 12.2 Å². The van der Waals surface area contributed by atoms with E-state index in [1.807, 2.05) is 13.8 Å². The van der Waals surface area contributed by atoms with E-state index in [9.17, 15) is 5.11 Å². The third kappa shape index (κ3) is 6.07. The Balaban J connectivity index is 3.17. The summed E-state index contributed by atoms with van der Waals surface area (Å²) in [5.74, 6) is 0. The van der Waals surface area contributed by atoms with Crippen molar-refractivity contribution in [1.29, 1.82) is 0 Å². The summed E-state index contributed by atoms with van der Waals surface area (Å²) in [6, 6.07) is 0. The first-order valence-corrected chi connectivity index (χ1v) is 4.09. The fourth-order valence-corrected chi connectivity index (χ4v) is 0.769. The molecule has 66 valence electrons. The summed E-state index contributed by atoms with van der Waals surface area (Å²) < 4.78 is 5.12. The molecule has 0 aliphatic rings. The van der Waals surface area contributed by atoms with Gasteiger partial charge in [-0.15, -0.1) is 0 Å². The lowest BCUT2D eigenvalue weighted by Crippen LogP contribution is -2.08. The van der Waals surface area contributed by atoms with Crippen LogP contribution in [0.4, 0.5) is 0 Å². The molecular formula is C9H18O2. The zero-order valence-electron chi connectivity index (χ0n) is 7.47. The molecule has 1 atom stereocenters. The van der Waals surface area contributed by atoms with Crippen LogP contribution in [0.5, 0.6) is 0 Å². The Morgan fingerprint density at radius 2 is 2.27 bits per heavy atom. The van der Waals surface area contributed by atoms with Gasteiger partial charge < -0.3 is 9.84 Å². The SMILES string of the molecule is C=C(C)C(O)CCCOCC. The van der Waals surface area contributed by atoms with Crippen molar-refractivity contribution in [3.05, 3.63) is 12.2 Å². The first-order chi connectivity index (χ1) is 5.18. The predicted octanol–water partition coefficient (Wildman–Crippen LogP) is 1.74. The molecule has 0 bridgehead atoms. The first kappa shape index (κ1) is 10.7. The van der Waals surface area contributed by atoms with Crippen LogP contribution < -0.4 is 0 Å². The van der Waals surface area contributed by atoms with Gasteiger partial charge in [-0.05, 0) is 26.7 Å².